The molecule has 0 aliphatic carbocycles. The van der Waals surface area contributed by atoms with Crippen molar-refractivity contribution in [3.8, 4) is 0 Å². The smallest absolute Gasteiger partial charge is 0.191 e. The maximum absolute atomic E-state index is 11.5. The number of nitrogens with one attached hydrogen (secondary N) is 2. The molecule has 1 atom stereocenters. The van der Waals surface area contributed by atoms with Crippen LogP contribution in [0.15, 0.2) is 23.3 Å². The molecule has 1 aromatic rings. The van der Waals surface area contributed by atoms with Gasteiger partial charge in [0.1, 0.15) is 5.82 Å². The van der Waals surface area contributed by atoms with E-state index in [1.54, 1.807) is 7.05 Å². The van der Waals surface area contributed by atoms with E-state index < -0.39 is 9.84 Å². The number of aromatic nitrogens is 1. The van der Waals surface area contributed by atoms with Gasteiger partial charge in [-0.1, -0.05) is 0 Å². The first-order chi connectivity index (χ1) is 11.6. The summed E-state index contributed by atoms with van der Waals surface area (Å²) < 4.78 is 23.1. The third kappa shape index (κ3) is 5.70. The summed E-state index contributed by atoms with van der Waals surface area (Å²) >= 11 is 0. The summed E-state index contributed by atoms with van der Waals surface area (Å²) in [4.78, 5) is 10.9. The van der Waals surface area contributed by atoms with Crippen molar-refractivity contribution in [1.82, 2.24) is 15.6 Å². The van der Waals surface area contributed by atoms with Crippen molar-refractivity contribution in [2.75, 3.05) is 36.5 Å². The van der Waals surface area contributed by atoms with Crippen molar-refractivity contribution in [1.29, 1.82) is 0 Å². The predicted octanol–water partition coefficient (Wildman–Crippen LogP) is 1.15. The van der Waals surface area contributed by atoms with Gasteiger partial charge in [0.05, 0.1) is 11.5 Å². The highest BCUT2D eigenvalue weighted by atomic mass is 127. The molecule has 140 valence electrons. The minimum Gasteiger partial charge on any atom is -0.357 e. The topological polar surface area (TPSA) is 86.7 Å². The number of halogens is 1. The van der Waals surface area contributed by atoms with Gasteiger partial charge in [-0.25, -0.2) is 13.4 Å². The number of nitrogens with zero attached hydrogens (tertiary/aromatic N) is 3. The van der Waals surface area contributed by atoms with E-state index in [1.165, 1.54) is 12.8 Å². The summed E-state index contributed by atoms with van der Waals surface area (Å²) in [5, 5.41) is 6.45. The van der Waals surface area contributed by atoms with Crippen molar-refractivity contribution in [2.24, 2.45) is 4.99 Å². The Morgan fingerprint density at radius 1 is 1.40 bits per heavy atom. The van der Waals surface area contributed by atoms with Crippen LogP contribution in [0.1, 0.15) is 24.8 Å². The molecule has 0 radical (unpaired) electrons. The summed E-state index contributed by atoms with van der Waals surface area (Å²) in [5.74, 6) is 2.10. The van der Waals surface area contributed by atoms with E-state index in [9.17, 15) is 8.42 Å². The van der Waals surface area contributed by atoms with Gasteiger partial charge < -0.3 is 15.5 Å². The van der Waals surface area contributed by atoms with Crippen molar-refractivity contribution in [2.45, 2.75) is 31.8 Å². The molecule has 2 N–H and O–H groups in total. The quantitative estimate of drug-likeness (QED) is 0.383. The Balaban J connectivity index is 0.00000225. The average Bonchev–Trinajstić information content (AvgIpc) is 3.21. The molecule has 2 saturated heterocycles. The summed E-state index contributed by atoms with van der Waals surface area (Å²) in [6.45, 7) is 2.77. The molecule has 2 fully saturated rings. The SMILES string of the molecule is CN=C(NCc1ccnc(N2CCCC2)c1)NC1CCS(=O)(=O)C1.I. The van der Waals surface area contributed by atoms with Crippen LogP contribution in [0.5, 0.6) is 0 Å². The molecule has 0 spiro atoms. The zero-order valence-corrected chi connectivity index (χ0v) is 17.6. The number of sulfone groups is 1. The van der Waals surface area contributed by atoms with Gasteiger partial charge in [0.2, 0.25) is 0 Å². The van der Waals surface area contributed by atoms with Crippen molar-refractivity contribution >= 4 is 45.6 Å². The Morgan fingerprint density at radius 3 is 2.80 bits per heavy atom. The fourth-order valence-corrected chi connectivity index (χ4v) is 4.85. The van der Waals surface area contributed by atoms with Gasteiger partial charge in [-0.2, -0.15) is 0 Å². The standard InChI is InChI=1S/C16H25N5O2S.HI/c1-17-16(20-14-5-9-24(22,23)12-14)19-11-13-4-6-18-15(10-13)21-7-2-3-8-21;/h4,6,10,14H,2-3,5,7-9,11-12H2,1H3,(H2,17,19,20);1H. The Labute approximate surface area is 166 Å². The molecule has 1 unspecified atom stereocenters. The molecule has 2 aliphatic heterocycles. The van der Waals surface area contributed by atoms with Crippen LogP contribution in [0.4, 0.5) is 5.82 Å². The van der Waals surface area contributed by atoms with Gasteiger partial charge in [-0.3, -0.25) is 4.99 Å². The number of rotatable bonds is 4. The maximum Gasteiger partial charge on any atom is 0.191 e. The fraction of sp³-hybridized carbons (Fsp3) is 0.625. The van der Waals surface area contributed by atoms with Crippen LogP contribution in [0.2, 0.25) is 0 Å². The van der Waals surface area contributed by atoms with Gasteiger partial charge in [0, 0.05) is 38.9 Å². The highest BCUT2D eigenvalue weighted by Gasteiger charge is 2.28. The number of anilines is 1. The normalized spacial score (nSPS) is 22.5. The summed E-state index contributed by atoms with van der Waals surface area (Å²) in [5.41, 5.74) is 1.13. The lowest BCUT2D eigenvalue weighted by atomic mass is 10.2. The molecule has 2 aliphatic rings. The number of hydrogen-bond acceptors (Lipinski definition) is 5. The first-order valence-corrected chi connectivity index (χ1v) is 10.3. The van der Waals surface area contributed by atoms with Crippen LogP contribution in [0.3, 0.4) is 0 Å². The second-order valence-corrected chi connectivity index (χ2v) is 8.62. The van der Waals surface area contributed by atoms with Crippen molar-refractivity contribution in [3.63, 3.8) is 0 Å². The monoisotopic (exact) mass is 479 g/mol. The summed E-state index contributed by atoms with van der Waals surface area (Å²) in [7, 11) is -1.20. The van der Waals surface area contributed by atoms with E-state index in [-0.39, 0.29) is 41.5 Å². The second-order valence-electron chi connectivity index (χ2n) is 6.39. The number of hydrogen-bond donors (Lipinski definition) is 2. The van der Waals surface area contributed by atoms with Crippen LogP contribution in [0.25, 0.3) is 0 Å². The molecular weight excluding hydrogens is 453 g/mol. The van der Waals surface area contributed by atoms with Crippen LogP contribution < -0.4 is 15.5 Å². The van der Waals surface area contributed by atoms with Crippen molar-refractivity contribution in [3.05, 3.63) is 23.9 Å². The van der Waals surface area contributed by atoms with Gasteiger partial charge >= 0.3 is 0 Å². The van der Waals surface area contributed by atoms with Gasteiger partial charge in [0.25, 0.3) is 0 Å². The lowest BCUT2D eigenvalue weighted by Crippen LogP contribution is -2.43. The molecule has 3 heterocycles. The molecule has 3 rings (SSSR count). The maximum atomic E-state index is 11.5. The lowest BCUT2D eigenvalue weighted by Gasteiger charge is -2.18. The van der Waals surface area contributed by atoms with E-state index in [0.29, 0.717) is 18.9 Å². The van der Waals surface area contributed by atoms with Gasteiger partial charge in [-0.05, 0) is 37.0 Å². The molecular formula is C16H26IN5O2S. The van der Waals surface area contributed by atoms with Crippen LogP contribution in [0, 0.1) is 0 Å². The number of aliphatic imine (C=N–C) groups is 1. The van der Waals surface area contributed by atoms with Crippen molar-refractivity contribution < 1.29 is 8.42 Å². The van der Waals surface area contributed by atoms with E-state index in [1.807, 2.05) is 12.3 Å². The van der Waals surface area contributed by atoms with Crippen LogP contribution in [-0.4, -0.2) is 57.0 Å². The van der Waals surface area contributed by atoms with Gasteiger partial charge in [-0.15, -0.1) is 24.0 Å². The predicted molar refractivity (Wildman–Crippen MR) is 111 cm³/mol. The van der Waals surface area contributed by atoms with E-state index in [2.05, 4.69) is 31.6 Å². The molecule has 0 amide bonds. The third-order valence-electron chi connectivity index (χ3n) is 4.50. The van der Waals surface area contributed by atoms with E-state index in [4.69, 9.17) is 0 Å². The van der Waals surface area contributed by atoms with E-state index in [0.717, 1.165) is 24.5 Å². The highest BCUT2D eigenvalue weighted by molar-refractivity contribution is 14.0. The second kappa shape index (κ2) is 9.02. The summed E-state index contributed by atoms with van der Waals surface area (Å²) in [6, 6.07) is 4.03. The third-order valence-corrected chi connectivity index (χ3v) is 6.26. The largest absolute Gasteiger partial charge is 0.357 e. The molecule has 25 heavy (non-hydrogen) atoms. The minimum absolute atomic E-state index is 0. The first kappa shape index (κ1) is 20.2. The first-order valence-electron chi connectivity index (χ1n) is 8.43. The Hall–Kier alpha value is -1.10. The molecule has 7 nitrogen and oxygen atoms in total. The molecule has 0 aromatic carbocycles. The zero-order chi connectivity index (χ0) is 17.0. The fourth-order valence-electron chi connectivity index (χ4n) is 3.17. The van der Waals surface area contributed by atoms with Crippen LogP contribution in [-0.2, 0) is 16.4 Å². The molecule has 1 aromatic heterocycles. The molecule has 0 bridgehead atoms. The van der Waals surface area contributed by atoms with Gasteiger partial charge in [0.15, 0.2) is 15.8 Å². The lowest BCUT2D eigenvalue weighted by molar-refractivity contribution is 0.599. The zero-order valence-electron chi connectivity index (χ0n) is 14.4. The molecule has 0 saturated carbocycles. The number of guanidine groups is 1. The van der Waals surface area contributed by atoms with E-state index >= 15 is 0 Å². The Kier molecular flexibility index (Phi) is 7.29. The minimum atomic E-state index is -2.89. The summed E-state index contributed by atoms with van der Waals surface area (Å²) in [6.07, 6.45) is 4.93. The highest BCUT2D eigenvalue weighted by Crippen LogP contribution is 2.18. The van der Waals surface area contributed by atoms with Crippen LogP contribution >= 0.6 is 24.0 Å². The molecule has 9 heteroatoms. The Bertz CT molecular complexity index is 704. The average molecular weight is 479 g/mol. The number of pyridine rings is 1. The Morgan fingerprint density at radius 2 is 2.16 bits per heavy atom.